The van der Waals surface area contributed by atoms with Crippen molar-refractivity contribution in [3.63, 3.8) is 0 Å². The zero-order chi connectivity index (χ0) is 15.4. The Kier molecular flexibility index (Phi) is 4.01. The van der Waals surface area contributed by atoms with Gasteiger partial charge in [-0.05, 0) is 23.8 Å². The van der Waals surface area contributed by atoms with Gasteiger partial charge in [-0.25, -0.2) is 4.98 Å². The fourth-order valence-corrected chi connectivity index (χ4v) is 2.31. The highest BCUT2D eigenvalue weighted by Crippen LogP contribution is 2.13. The van der Waals surface area contributed by atoms with Crippen molar-refractivity contribution in [2.75, 3.05) is 0 Å². The number of amides is 1. The molecule has 3 rings (SSSR count). The number of carbonyl (C=O) groups excluding carboxylic acids is 1. The molecule has 0 radical (unpaired) electrons. The van der Waals surface area contributed by atoms with Crippen molar-refractivity contribution in [3.8, 4) is 0 Å². The molecule has 2 aromatic carbocycles. The van der Waals surface area contributed by atoms with Gasteiger partial charge in [-0.15, -0.1) is 0 Å². The second kappa shape index (κ2) is 6.26. The maximum atomic E-state index is 11.9. The first-order valence-electron chi connectivity index (χ1n) is 7.15. The molecule has 1 amide bonds. The number of rotatable bonds is 4. The molecule has 22 heavy (non-hydrogen) atoms. The fraction of sp³-hybridized carbons (Fsp3) is 0.111. The molecule has 0 aliphatic rings. The van der Waals surface area contributed by atoms with Gasteiger partial charge in [0.2, 0.25) is 5.91 Å². The van der Waals surface area contributed by atoms with E-state index in [1.54, 1.807) is 6.08 Å². The molecule has 1 aromatic heterocycles. The number of nitrogens with one attached hydrogen (secondary N) is 1. The number of carbonyl (C=O) groups is 1. The summed E-state index contributed by atoms with van der Waals surface area (Å²) in [6.07, 6.45) is 3.34. The average Bonchev–Trinajstić information content (AvgIpc) is 2.88. The summed E-state index contributed by atoms with van der Waals surface area (Å²) in [4.78, 5) is 16.4. The standard InChI is InChI=1S/C18H17N3O/c1-21-16-10-6-5-9-15(16)20-17(21)13-19-18(22)12-11-14-7-3-2-4-8-14/h2-12H,13H2,1H3,(H,19,22). The Balaban J connectivity index is 1.65. The van der Waals surface area contributed by atoms with Gasteiger partial charge in [0.05, 0.1) is 17.6 Å². The van der Waals surface area contributed by atoms with E-state index in [4.69, 9.17) is 0 Å². The molecule has 3 aromatic rings. The number of fused-ring (bicyclic) bond motifs is 1. The molecular weight excluding hydrogens is 274 g/mol. The second-order valence-electron chi connectivity index (χ2n) is 5.04. The number of benzene rings is 2. The Morgan fingerprint density at radius 2 is 1.86 bits per heavy atom. The maximum absolute atomic E-state index is 11.9. The number of imidazole rings is 1. The van der Waals surface area contributed by atoms with E-state index in [1.165, 1.54) is 6.08 Å². The lowest BCUT2D eigenvalue weighted by Crippen LogP contribution is -2.22. The van der Waals surface area contributed by atoms with Gasteiger partial charge >= 0.3 is 0 Å². The van der Waals surface area contributed by atoms with Crippen molar-refractivity contribution >= 4 is 23.0 Å². The first-order chi connectivity index (χ1) is 10.7. The lowest BCUT2D eigenvalue weighted by Gasteiger charge is -2.03. The average molecular weight is 291 g/mol. The van der Waals surface area contributed by atoms with Crippen LogP contribution in [0.1, 0.15) is 11.4 Å². The van der Waals surface area contributed by atoms with Crippen molar-refractivity contribution in [2.24, 2.45) is 7.05 Å². The lowest BCUT2D eigenvalue weighted by molar-refractivity contribution is -0.116. The molecule has 0 fully saturated rings. The molecule has 110 valence electrons. The largest absolute Gasteiger partial charge is 0.345 e. The Morgan fingerprint density at radius 1 is 1.14 bits per heavy atom. The summed E-state index contributed by atoms with van der Waals surface area (Å²) < 4.78 is 2.00. The van der Waals surface area contributed by atoms with Crippen LogP contribution in [0.5, 0.6) is 0 Å². The van der Waals surface area contributed by atoms with E-state index in [0.717, 1.165) is 22.4 Å². The zero-order valence-corrected chi connectivity index (χ0v) is 12.4. The minimum Gasteiger partial charge on any atom is -0.345 e. The van der Waals surface area contributed by atoms with Crippen molar-refractivity contribution in [2.45, 2.75) is 6.54 Å². The van der Waals surface area contributed by atoms with Gasteiger partial charge in [0.15, 0.2) is 0 Å². The third-order valence-electron chi connectivity index (χ3n) is 3.53. The Labute approximate surface area is 129 Å². The maximum Gasteiger partial charge on any atom is 0.244 e. The monoisotopic (exact) mass is 291 g/mol. The van der Waals surface area contributed by atoms with E-state index in [1.807, 2.05) is 66.2 Å². The van der Waals surface area contributed by atoms with Crippen molar-refractivity contribution in [3.05, 3.63) is 72.1 Å². The molecule has 4 heteroatoms. The quantitative estimate of drug-likeness (QED) is 0.751. The molecule has 1 N–H and O–H groups in total. The van der Waals surface area contributed by atoms with Gasteiger partial charge in [0.1, 0.15) is 5.82 Å². The molecule has 0 aliphatic heterocycles. The van der Waals surface area contributed by atoms with Gasteiger partial charge in [0, 0.05) is 13.1 Å². The molecule has 0 saturated heterocycles. The van der Waals surface area contributed by atoms with Crippen molar-refractivity contribution in [1.82, 2.24) is 14.9 Å². The number of hydrogen-bond donors (Lipinski definition) is 1. The molecule has 0 aliphatic carbocycles. The highest BCUT2D eigenvalue weighted by Gasteiger charge is 2.07. The summed E-state index contributed by atoms with van der Waals surface area (Å²) in [6.45, 7) is 0.406. The summed E-state index contributed by atoms with van der Waals surface area (Å²) >= 11 is 0. The van der Waals surface area contributed by atoms with Crippen molar-refractivity contribution < 1.29 is 4.79 Å². The summed E-state index contributed by atoms with van der Waals surface area (Å²) in [6, 6.07) is 17.7. The normalized spacial score (nSPS) is 11.1. The molecule has 0 bridgehead atoms. The van der Waals surface area contributed by atoms with E-state index in [9.17, 15) is 4.79 Å². The molecule has 0 saturated carbocycles. The summed E-state index contributed by atoms with van der Waals surface area (Å²) in [5.41, 5.74) is 3.00. The summed E-state index contributed by atoms with van der Waals surface area (Å²) in [5, 5.41) is 2.86. The van der Waals surface area contributed by atoms with Crippen LogP contribution < -0.4 is 5.32 Å². The van der Waals surface area contributed by atoms with E-state index in [0.29, 0.717) is 6.54 Å². The number of nitrogens with zero attached hydrogens (tertiary/aromatic N) is 2. The van der Waals surface area contributed by atoms with Crippen molar-refractivity contribution in [1.29, 1.82) is 0 Å². The smallest absolute Gasteiger partial charge is 0.244 e. The highest BCUT2D eigenvalue weighted by molar-refractivity contribution is 5.91. The van der Waals surface area contributed by atoms with Crippen LogP contribution in [0.3, 0.4) is 0 Å². The number of hydrogen-bond acceptors (Lipinski definition) is 2. The van der Waals surface area contributed by atoms with Crippen LogP contribution in [-0.4, -0.2) is 15.5 Å². The number of para-hydroxylation sites is 2. The predicted octanol–water partition coefficient (Wildman–Crippen LogP) is 2.90. The Hall–Kier alpha value is -2.88. The molecule has 1 heterocycles. The van der Waals surface area contributed by atoms with E-state index >= 15 is 0 Å². The number of aryl methyl sites for hydroxylation is 1. The molecular formula is C18H17N3O. The van der Waals surface area contributed by atoms with Crippen LogP contribution in [-0.2, 0) is 18.4 Å². The van der Waals surface area contributed by atoms with Gasteiger partial charge in [-0.2, -0.15) is 0 Å². The minimum atomic E-state index is -0.129. The van der Waals surface area contributed by atoms with Gasteiger partial charge in [-0.1, -0.05) is 42.5 Å². The zero-order valence-electron chi connectivity index (χ0n) is 12.4. The van der Waals surface area contributed by atoms with Crippen LogP contribution in [0.25, 0.3) is 17.1 Å². The Bertz CT molecular complexity index is 819. The fourth-order valence-electron chi connectivity index (χ4n) is 2.31. The molecule has 0 unspecified atom stereocenters. The van der Waals surface area contributed by atoms with Crippen LogP contribution in [0.2, 0.25) is 0 Å². The SMILES string of the molecule is Cn1c(CNC(=O)C=Cc2ccccc2)nc2ccccc21. The molecule has 4 nitrogen and oxygen atoms in total. The number of aromatic nitrogens is 2. The van der Waals surface area contributed by atoms with Crippen LogP contribution in [0.4, 0.5) is 0 Å². The van der Waals surface area contributed by atoms with Crippen LogP contribution in [0, 0.1) is 0 Å². The van der Waals surface area contributed by atoms with E-state index in [-0.39, 0.29) is 5.91 Å². The summed E-state index contributed by atoms with van der Waals surface area (Å²) in [5.74, 6) is 0.707. The van der Waals surface area contributed by atoms with Gasteiger partial charge < -0.3 is 9.88 Å². The molecule has 0 atom stereocenters. The third kappa shape index (κ3) is 3.06. The lowest BCUT2D eigenvalue weighted by atomic mass is 10.2. The third-order valence-corrected chi connectivity index (χ3v) is 3.53. The molecule has 0 spiro atoms. The van der Waals surface area contributed by atoms with Gasteiger partial charge in [-0.3, -0.25) is 4.79 Å². The Morgan fingerprint density at radius 3 is 2.64 bits per heavy atom. The van der Waals surface area contributed by atoms with Crippen LogP contribution >= 0.6 is 0 Å². The van der Waals surface area contributed by atoms with E-state index in [2.05, 4.69) is 10.3 Å². The van der Waals surface area contributed by atoms with E-state index < -0.39 is 0 Å². The van der Waals surface area contributed by atoms with Gasteiger partial charge in [0.25, 0.3) is 0 Å². The minimum absolute atomic E-state index is 0.129. The first kappa shape index (κ1) is 14.1. The predicted molar refractivity (Wildman–Crippen MR) is 88.0 cm³/mol. The summed E-state index contributed by atoms with van der Waals surface area (Å²) in [7, 11) is 1.95. The first-order valence-corrected chi connectivity index (χ1v) is 7.15. The van der Waals surface area contributed by atoms with Crippen LogP contribution in [0.15, 0.2) is 60.7 Å². The second-order valence-corrected chi connectivity index (χ2v) is 5.04. The topological polar surface area (TPSA) is 46.9 Å². The highest BCUT2D eigenvalue weighted by atomic mass is 16.1.